The molecule has 2 rings (SSSR count). The lowest BCUT2D eigenvalue weighted by Crippen LogP contribution is -2.01. The summed E-state index contributed by atoms with van der Waals surface area (Å²) in [6, 6.07) is 6.91. The van der Waals surface area contributed by atoms with Gasteiger partial charge in [-0.05, 0) is 24.6 Å². The monoisotopic (exact) mass is 211 g/mol. The molecule has 2 nitrogen and oxygen atoms in total. The van der Waals surface area contributed by atoms with Gasteiger partial charge in [0.2, 0.25) is 0 Å². The second-order valence-corrected chi connectivity index (χ2v) is 3.24. The number of aryl methyl sites for hydroxylation is 1. The first-order chi connectivity index (χ1) is 7.20. The summed E-state index contributed by atoms with van der Waals surface area (Å²) in [5, 5.41) is 0.703. The lowest BCUT2D eigenvalue weighted by molar-refractivity contribution is -0.0487. The number of aromatic nitrogens is 1. The van der Waals surface area contributed by atoms with Gasteiger partial charge in [-0.2, -0.15) is 8.78 Å². The molecule has 15 heavy (non-hydrogen) atoms. The summed E-state index contributed by atoms with van der Waals surface area (Å²) in [4.78, 5) is 3.13. The number of fused-ring (bicyclic) bond motifs is 1. The van der Waals surface area contributed by atoms with Crippen LogP contribution in [0.5, 0.6) is 5.75 Å². The van der Waals surface area contributed by atoms with Gasteiger partial charge >= 0.3 is 6.61 Å². The van der Waals surface area contributed by atoms with Gasteiger partial charge in [-0.3, -0.25) is 0 Å². The summed E-state index contributed by atoms with van der Waals surface area (Å²) in [5.74, 6) is 0.221. The molecule has 0 amide bonds. The highest BCUT2D eigenvalue weighted by atomic mass is 19.3. The van der Waals surface area contributed by atoms with Crippen LogP contribution in [0.15, 0.2) is 24.3 Å². The molecule has 0 saturated carbocycles. The van der Waals surface area contributed by atoms with Crippen molar-refractivity contribution < 1.29 is 13.5 Å². The number of hydrogen-bond acceptors (Lipinski definition) is 1. The predicted molar refractivity (Wildman–Crippen MR) is 54.3 cm³/mol. The van der Waals surface area contributed by atoms with Crippen LogP contribution in [0.3, 0.4) is 0 Å². The quantitative estimate of drug-likeness (QED) is 0.827. The van der Waals surface area contributed by atoms with E-state index >= 15 is 0 Å². The zero-order valence-corrected chi connectivity index (χ0v) is 8.26. The van der Waals surface area contributed by atoms with Crippen molar-refractivity contribution in [2.75, 3.05) is 0 Å². The predicted octanol–water partition coefficient (Wildman–Crippen LogP) is 3.33. The fourth-order valence-corrected chi connectivity index (χ4v) is 1.57. The second-order valence-electron chi connectivity index (χ2n) is 3.24. The van der Waals surface area contributed by atoms with Gasteiger partial charge in [0.15, 0.2) is 0 Å². The molecule has 0 bridgehead atoms. The molecule has 0 saturated heterocycles. The number of nitrogens with one attached hydrogen (secondary N) is 1. The minimum atomic E-state index is -2.78. The van der Waals surface area contributed by atoms with E-state index in [0.717, 1.165) is 17.6 Å². The molecule has 1 aromatic heterocycles. The first-order valence-corrected chi connectivity index (χ1v) is 4.76. The van der Waals surface area contributed by atoms with Crippen LogP contribution in [0.1, 0.15) is 12.6 Å². The standard InChI is InChI=1S/C11H11F2NO/c1-2-7-6-8-9(14-7)4-3-5-10(8)15-11(12)13/h3-6,11,14H,2H2,1H3. The first kappa shape index (κ1) is 9.96. The maximum Gasteiger partial charge on any atom is 0.387 e. The Hall–Kier alpha value is -1.58. The van der Waals surface area contributed by atoms with Crippen molar-refractivity contribution in [1.29, 1.82) is 0 Å². The topological polar surface area (TPSA) is 25.0 Å². The van der Waals surface area contributed by atoms with Crippen LogP contribution in [0.2, 0.25) is 0 Å². The zero-order valence-electron chi connectivity index (χ0n) is 8.26. The number of benzene rings is 1. The highest BCUT2D eigenvalue weighted by Gasteiger charge is 2.09. The molecule has 1 heterocycles. The third kappa shape index (κ3) is 1.93. The summed E-state index contributed by atoms with van der Waals surface area (Å²) in [6.45, 7) is -0.784. The number of aromatic amines is 1. The van der Waals surface area contributed by atoms with Gasteiger partial charge in [-0.15, -0.1) is 0 Å². The minimum absolute atomic E-state index is 0.221. The molecule has 0 fully saturated rings. The highest BCUT2D eigenvalue weighted by Crippen LogP contribution is 2.27. The second kappa shape index (κ2) is 3.88. The van der Waals surface area contributed by atoms with E-state index in [1.807, 2.05) is 19.1 Å². The van der Waals surface area contributed by atoms with E-state index in [0.29, 0.717) is 5.39 Å². The normalized spacial score (nSPS) is 11.2. The molecule has 0 aliphatic carbocycles. The molecule has 4 heteroatoms. The summed E-state index contributed by atoms with van der Waals surface area (Å²) < 4.78 is 28.6. The molecule has 1 N–H and O–H groups in total. The van der Waals surface area contributed by atoms with E-state index in [9.17, 15) is 8.78 Å². The number of halogens is 2. The maximum atomic E-state index is 12.1. The molecule has 80 valence electrons. The summed E-state index contributed by atoms with van der Waals surface area (Å²) in [6.07, 6.45) is 0.836. The third-order valence-electron chi connectivity index (χ3n) is 2.28. The minimum Gasteiger partial charge on any atom is -0.434 e. The number of ether oxygens (including phenoxy) is 1. The fraction of sp³-hybridized carbons (Fsp3) is 0.273. The van der Waals surface area contributed by atoms with Gasteiger partial charge in [0.25, 0.3) is 0 Å². The molecule has 0 atom stereocenters. The SMILES string of the molecule is CCc1cc2c(OC(F)F)cccc2[nH]1. The summed E-state index contributed by atoms with van der Waals surface area (Å²) >= 11 is 0. The fourth-order valence-electron chi connectivity index (χ4n) is 1.57. The van der Waals surface area contributed by atoms with Crippen LogP contribution < -0.4 is 4.74 Å². The molecular weight excluding hydrogens is 200 g/mol. The van der Waals surface area contributed by atoms with Gasteiger partial charge in [-0.25, -0.2) is 0 Å². The largest absolute Gasteiger partial charge is 0.434 e. The van der Waals surface area contributed by atoms with Crippen molar-refractivity contribution in [1.82, 2.24) is 4.98 Å². The lowest BCUT2D eigenvalue weighted by Gasteiger charge is -2.04. The van der Waals surface area contributed by atoms with Crippen LogP contribution in [-0.2, 0) is 6.42 Å². The Morgan fingerprint density at radius 2 is 2.20 bits per heavy atom. The van der Waals surface area contributed by atoms with Gasteiger partial charge in [0.05, 0.1) is 0 Å². The van der Waals surface area contributed by atoms with Gasteiger partial charge in [-0.1, -0.05) is 13.0 Å². The van der Waals surface area contributed by atoms with Crippen molar-refractivity contribution in [3.8, 4) is 5.75 Å². The van der Waals surface area contributed by atoms with Crippen molar-refractivity contribution in [3.63, 3.8) is 0 Å². The van der Waals surface area contributed by atoms with E-state index in [1.165, 1.54) is 0 Å². The van der Waals surface area contributed by atoms with Crippen LogP contribution in [0.25, 0.3) is 10.9 Å². The van der Waals surface area contributed by atoms with Crippen LogP contribution in [0, 0.1) is 0 Å². The molecule has 0 spiro atoms. The molecule has 2 aromatic rings. The van der Waals surface area contributed by atoms with Crippen molar-refractivity contribution in [3.05, 3.63) is 30.0 Å². The lowest BCUT2D eigenvalue weighted by atomic mass is 10.2. The van der Waals surface area contributed by atoms with E-state index < -0.39 is 6.61 Å². The van der Waals surface area contributed by atoms with E-state index in [-0.39, 0.29) is 5.75 Å². The van der Waals surface area contributed by atoms with Crippen molar-refractivity contribution in [2.24, 2.45) is 0 Å². The average molecular weight is 211 g/mol. The zero-order chi connectivity index (χ0) is 10.8. The molecular formula is C11H11F2NO. The maximum absolute atomic E-state index is 12.1. The number of hydrogen-bond donors (Lipinski definition) is 1. The number of rotatable bonds is 3. The van der Waals surface area contributed by atoms with Crippen molar-refractivity contribution in [2.45, 2.75) is 20.0 Å². The third-order valence-corrected chi connectivity index (χ3v) is 2.28. The van der Waals surface area contributed by atoms with Crippen molar-refractivity contribution >= 4 is 10.9 Å². The smallest absolute Gasteiger partial charge is 0.387 e. The highest BCUT2D eigenvalue weighted by molar-refractivity contribution is 5.86. The first-order valence-electron chi connectivity index (χ1n) is 4.76. The molecule has 1 aromatic carbocycles. The Bertz CT molecular complexity index is 465. The van der Waals surface area contributed by atoms with Crippen LogP contribution >= 0.6 is 0 Å². The molecule has 0 aliphatic rings. The molecule has 0 radical (unpaired) electrons. The molecule has 0 unspecified atom stereocenters. The van der Waals surface area contributed by atoms with Crippen LogP contribution in [-0.4, -0.2) is 11.6 Å². The van der Waals surface area contributed by atoms with E-state index in [4.69, 9.17) is 0 Å². The Morgan fingerprint density at radius 1 is 1.40 bits per heavy atom. The van der Waals surface area contributed by atoms with E-state index in [1.54, 1.807) is 12.1 Å². The van der Waals surface area contributed by atoms with Gasteiger partial charge < -0.3 is 9.72 Å². The molecule has 0 aliphatic heterocycles. The summed E-state index contributed by atoms with van der Waals surface area (Å²) in [5.41, 5.74) is 1.83. The number of alkyl halides is 2. The average Bonchev–Trinajstić information content (AvgIpc) is 2.61. The van der Waals surface area contributed by atoms with Gasteiger partial charge in [0, 0.05) is 16.6 Å². The Balaban J connectivity index is 2.49. The van der Waals surface area contributed by atoms with Gasteiger partial charge in [0.1, 0.15) is 5.75 Å². The summed E-state index contributed by atoms with van der Waals surface area (Å²) in [7, 11) is 0. The Kier molecular flexibility index (Phi) is 2.58. The van der Waals surface area contributed by atoms with Crippen LogP contribution in [0.4, 0.5) is 8.78 Å². The Morgan fingerprint density at radius 3 is 2.87 bits per heavy atom. The number of H-pyrrole nitrogens is 1. The Labute approximate surface area is 85.9 Å². The van der Waals surface area contributed by atoms with E-state index in [2.05, 4.69) is 9.72 Å².